The first-order valence-corrected chi connectivity index (χ1v) is 9.38. The molecule has 0 aliphatic rings. The maximum atomic E-state index is 12.5. The normalized spacial score (nSPS) is 11.0. The summed E-state index contributed by atoms with van der Waals surface area (Å²) in [6.07, 6.45) is 2.02. The summed E-state index contributed by atoms with van der Waals surface area (Å²) < 4.78 is 2.85. The Bertz CT molecular complexity index is 1080. The molecular weight excluding hydrogens is 398 g/mol. The van der Waals surface area contributed by atoms with Gasteiger partial charge in [0.05, 0.1) is 11.3 Å². The zero-order valence-corrected chi connectivity index (χ0v) is 15.8. The number of imidazole rings is 1. The van der Waals surface area contributed by atoms with Crippen molar-refractivity contribution >= 4 is 43.8 Å². The van der Waals surface area contributed by atoms with Crippen molar-refractivity contribution in [3.8, 4) is 11.3 Å². The summed E-state index contributed by atoms with van der Waals surface area (Å²) in [6, 6.07) is 15.1. The molecule has 0 bridgehead atoms. The van der Waals surface area contributed by atoms with Crippen molar-refractivity contribution in [2.24, 2.45) is 0 Å². The maximum absolute atomic E-state index is 12.5. The van der Waals surface area contributed by atoms with Crippen LogP contribution in [-0.4, -0.2) is 15.3 Å². The second-order valence-electron chi connectivity index (χ2n) is 5.67. The van der Waals surface area contributed by atoms with Crippen molar-refractivity contribution in [1.82, 2.24) is 9.38 Å². The summed E-state index contributed by atoms with van der Waals surface area (Å²) in [7, 11) is 0. The second-order valence-corrected chi connectivity index (χ2v) is 7.36. The molecule has 0 fully saturated rings. The summed E-state index contributed by atoms with van der Waals surface area (Å²) in [4.78, 5) is 18.1. The topological polar surface area (TPSA) is 46.4 Å². The van der Waals surface area contributed by atoms with E-state index in [9.17, 15) is 4.79 Å². The van der Waals surface area contributed by atoms with E-state index in [0.717, 1.165) is 32.1 Å². The van der Waals surface area contributed by atoms with Crippen molar-refractivity contribution in [3.05, 3.63) is 75.8 Å². The van der Waals surface area contributed by atoms with E-state index < -0.39 is 0 Å². The largest absolute Gasteiger partial charge is 0.322 e. The van der Waals surface area contributed by atoms with Crippen molar-refractivity contribution in [2.75, 3.05) is 5.32 Å². The minimum Gasteiger partial charge on any atom is -0.322 e. The van der Waals surface area contributed by atoms with Gasteiger partial charge in [-0.15, -0.1) is 11.3 Å². The smallest absolute Gasteiger partial charge is 0.256 e. The second kappa shape index (κ2) is 6.46. The highest BCUT2D eigenvalue weighted by atomic mass is 79.9. The number of rotatable bonds is 3. The first kappa shape index (κ1) is 16.1. The molecule has 0 saturated carbocycles. The highest BCUT2D eigenvalue weighted by molar-refractivity contribution is 9.10. The molecule has 1 N–H and O–H groups in total. The zero-order chi connectivity index (χ0) is 17.4. The van der Waals surface area contributed by atoms with Crippen LogP contribution < -0.4 is 5.32 Å². The van der Waals surface area contributed by atoms with E-state index in [0.29, 0.717) is 5.56 Å². The Hall–Kier alpha value is -2.44. The average molecular weight is 412 g/mol. The molecule has 0 aliphatic carbocycles. The number of carbonyl (C=O) groups is 1. The van der Waals surface area contributed by atoms with Crippen LogP contribution in [0.1, 0.15) is 16.1 Å². The third-order valence-corrected chi connectivity index (χ3v) is 5.57. The number of hydrogen-bond donors (Lipinski definition) is 1. The number of benzene rings is 2. The van der Waals surface area contributed by atoms with Gasteiger partial charge in [-0.05, 0) is 47.1 Å². The molecule has 2 heterocycles. The third-order valence-electron chi connectivity index (χ3n) is 3.92. The number of aromatic nitrogens is 2. The SMILES string of the molecule is Cc1csc2nc(-c3cccc(NC(=O)c4ccccc4Br)c3)cn12. The number of amides is 1. The lowest BCUT2D eigenvalue weighted by molar-refractivity contribution is 0.102. The van der Waals surface area contributed by atoms with Gasteiger partial charge in [-0.1, -0.05) is 24.3 Å². The van der Waals surface area contributed by atoms with Crippen LogP contribution in [0.3, 0.4) is 0 Å². The van der Waals surface area contributed by atoms with Crippen LogP contribution >= 0.6 is 27.3 Å². The number of aryl methyl sites for hydroxylation is 1. The van der Waals surface area contributed by atoms with Crippen molar-refractivity contribution in [3.63, 3.8) is 0 Å². The molecule has 2 aromatic heterocycles. The Morgan fingerprint density at radius 2 is 2.04 bits per heavy atom. The van der Waals surface area contributed by atoms with Gasteiger partial charge >= 0.3 is 0 Å². The van der Waals surface area contributed by atoms with E-state index in [2.05, 4.69) is 42.9 Å². The van der Waals surface area contributed by atoms with Gasteiger partial charge in [0, 0.05) is 33.0 Å². The minimum atomic E-state index is -0.147. The third kappa shape index (κ3) is 3.10. The van der Waals surface area contributed by atoms with Gasteiger partial charge < -0.3 is 5.32 Å². The molecule has 0 saturated heterocycles. The predicted octanol–water partition coefficient (Wildman–Crippen LogP) is 5.39. The fraction of sp³-hybridized carbons (Fsp3) is 0.0526. The van der Waals surface area contributed by atoms with Crippen LogP contribution in [-0.2, 0) is 0 Å². The summed E-state index contributed by atoms with van der Waals surface area (Å²) in [6.45, 7) is 2.06. The van der Waals surface area contributed by atoms with E-state index in [1.807, 2.05) is 48.7 Å². The molecule has 4 rings (SSSR count). The fourth-order valence-corrected chi connectivity index (χ4v) is 3.95. The minimum absolute atomic E-state index is 0.147. The van der Waals surface area contributed by atoms with E-state index in [1.165, 1.54) is 0 Å². The van der Waals surface area contributed by atoms with Crippen molar-refractivity contribution < 1.29 is 4.79 Å². The van der Waals surface area contributed by atoms with Gasteiger partial charge in [0.2, 0.25) is 0 Å². The molecular formula is C19H14BrN3OS. The van der Waals surface area contributed by atoms with E-state index in [1.54, 1.807) is 17.4 Å². The van der Waals surface area contributed by atoms with Gasteiger partial charge in [-0.2, -0.15) is 0 Å². The molecule has 0 radical (unpaired) electrons. The van der Waals surface area contributed by atoms with Gasteiger partial charge in [-0.3, -0.25) is 9.20 Å². The maximum Gasteiger partial charge on any atom is 0.256 e. The Labute approximate surface area is 157 Å². The summed E-state index contributed by atoms with van der Waals surface area (Å²) in [5.41, 5.74) is 4.38. The van der Waals surface area contributed by atoms with E-state index in [-0.39, 0.29) is 5.91 Å². The molecule has 2 aromatic carbocycles. The zero-order valence-electron chi connectivity index (χ0n) is 13.4. The number of carbonyl (C=O) groups excluding carboxylic acids is 1. The Morgan fingerprint density at radius 1 is 1.20 bits per heavy atom. The summed E-state index contributed by atoms with van der Waals surface area (Å²) >= 11 is 5.03. The van der Waals surface area contributed by atoms with Crippen molar-refractivity contribution in [1.29, 1.82) is 0 Å². The first-order chi connectivity index (χ1) is 12.1. The summed E-state index contributed by atoms with van der Waals surface area (Å²) in [5, 5.41) is 5.03. The van der Waals surface area contributed by atoms with E-state index >= 15 is 0 Å². The number of fused-ring (bicyclic) bond motifs is 1. The highest BCUT2D eigenvalue weighted by Crippen LogP contribution is 2.26. The van der Waals surface area contributed by atoms with Crippen LogP contribution in [0.2, 0.25) is 0 Å². The quantitative estimate of drug-likeness (QED) is 0.491. The average Bonchev–Trinajstić information content (AvgIpc) is 3.18. The standard InChI is InChI=1S/C19H14BrN3OS/c1-12-11-25-19-22-17(10-23(12)19)13-5-4-6-14(9-13)21-18(24)15-7-2-3-8-16(15)20/h2-11H,1H3,(H,21,24). The van der Waals surface area contributed by atoms with Gasteiger partial charge in [0.1, 0.15) is 0 Å². The number of nitrogens with one attached hydrogen (secondary N) is 1. The fourth-order valence-electron chi connectivity index (χ4n) is 2.63. The highest BCUT2D eigenvalue weighted by Gasteiger charge is 2.11. The molecule has 4 aromatic rings. The molecule has 0 atom stereocenters. The molecule has 1 amide bonds. The Kier molecular flexibility index (Phi) is 4.15. The number of thiazole rings is 1. The molecule has 124 valence electrons. The predicted molar refractivity (Wildman–Crippen MR) is 105 cm³/mol. The Morgan fingerprint density at radius 3 is 2.84 bits per heavy atom. The van der Waals surface area contributed by atoms with E-state index in [4.69, 9.17) is 0 Å². The lowest BCUT2D eigenvalue weighted by Crippen LogP contribution is -2.12. The van der Waals surface area contributed by atoms with Crippen LogP contribution in [0, 0.1) is 6.92 Å². The number of halogens is 1. The van der Waals surface area contributed by atoms with Crippen molar-refractivity contribution in [2.45, 2.75) is 6.92 Å². The molecule has 25 heavy (non-hydrogen) atoms. The number of hydrogen-bond acceptors (Lipinski definition) is 3. The molecule has 6 heteroatoms. The van der Waals surface area contributed by atoms with Gasteiger partial charge in [0.15, 0.2) is 4.96 Å². The molecule has 0 spiro atoms. The lowest BCUT2D eigenvalue weighted by Gasteiger charge is -2.08. The van der Waals surface area contributed by atoms with Gasteiger partial charge in [-0.25, -0.2) is 4.98 Å². The molecule has 0 aliphatic heterocycles. The number of nitrogens with zero attached hydrogens (tertiary/aromatic N) is 2. The molecule has 4 nitrogen and oxygen atoms in total. The van der Waals surface area contributed by atoms with Gasteiger partial charge in [0.25, 0.3) is 5.91 Å². The van der Waals surface area contributed by atoms with Crippen LogP contribution in [0.15, 0.2) is 64.6 Å². The van der Waals surface area contributed by atoms with Crippen LogP contribution in [0.5, 0.6) is 0 Å². The molecule has 0 unspecified atom stereocenters. The monoisotopic (exact) mass is 411 g/mol. The van der Waals surface area contributed by atoms with Crippen LogP contribution in [0.25, 0.3) is 16.2 Å². The number of anilines is 1. The summed E-state index contributed by atoms with van der Waals surface area (Å²) in [5.74, 6) is -0.147. The van der Waals surface area contributed by atoms with Crippen LogP contribution in [0.4, 0.5) is 5.69 Å². The Balaban J connectivity index is 1.63. The lowest BCUT2D eigenvalue weighted by atomic mass is 10.1. The first-order valence-electron chi connectivity index (χ1n) is 7.71.